The normalized spacial score (nSPS) is 21.5. The minimum Gasteiger partial charge on any atom is -0.465 e. The molecule has 116 valence electrons. The summed E-state index contributed by atoms with van der Waals surface area (Å²) >= 11 is 0. The highest BCUT2D eigenvalue weighted by Crippen LogP contribution is 2.42. The van der Waals surface area contributed by atoms with Gasteiger partial charge in [0, 0.05) is 12.6 Å². The lowest BCUT2D eigenvalue weighted by Crippen LogP contribution is -2.59. The van der Waals surface area contributed by atoms with Crippen LogP contribution >= 0.6 is 0 Å². The van der Waals surface area contributed by atoms with Crippen LogP contribution in [0.5, 0.6) is 0 Å². The van der Waals surface area contributed by atoms with E-state index in [0.29, 0.717) is 45.0 Å². The van der Waals surface area contributed by atoms with Gasteiger partial charge in [-0.1, -0.05) is 0 Å². The van der Waals surface area contributed by atoms with E-state index in [-0.39, 0.29) is 5.97 Å². The summed E-state index contributed by atoms with van der Waals surface area (Å²) in [4.78, 5) is 12.4. The molecule has 0 spiro atoms. The second-order valence-electron chi connectivity index (χ2n) is 5.63. The molecule has 0 aromatic rings. The fraction of sp³-hybridized carbons (Fsp3) is 0.933. The molecule has 2 aliphatic rings. The van der Waals surface area contributed by atoms with Crippen molar-refractivity contribution >= 4 is 5.97 Å². The molecule has 0 aromatic carbocycles. The molecule has 1 atom stereocenters. The van der Waals surface area contributed by atoms with Crippen LogP contribution in [-0.4, -0.2) is 50.6 Å². The van der Waals surface area contributed by atoms with E-state index in [1.54, 1.807) is 0 Å². The van der Waals surface area contributed by atoms with Gasteiger partial charge < -0.3 is 14.2 Å². The van der Waals surface area contributed by atoms with Crippen LogP contribution in [0, 0.1) is 5.92 Å². The topological polar surface area (TPSA) is 56.8 Å². The van der Waals surface area contributed by atoms with Gasteiger partial charge in [0.15, 0.2) is 0 Å². The van der Waals surface area contributed by atoms with Gasteiger partial charge in [-0.05, 0) is 45.4 Å². The maximum atomic E-state index is 12.4. The first-order valence-corrected chi connectivity index (χ1v) is 7.83. The van der Waals surface area contributed by atoms with E-state index in [9.17, 15) is 4.79 Å². The van der Waals surface area contributed by atoms with Gasteiger partial charge in [0.2, 0.25) is 0 Å². The second kappa shape index (κ2) is 7.38. The molecule has 0 bridgehead atoms. The Hall–Kier alpha value is -0.650. The van der Waals surface area contributed by atoms with E-state index in [4.69, 9.17) is 14.2 Å². The molecule has 0 heterocycles. The number of carbonyl (C=O) groups is 1. The molecule has 0 amide bonds. The molecule has 20 heavy (non-hydrogen) atoms. The highest BCUT2D eigenvalue weighted by molar-refractivity contribution is 5.82. The van der Waals surface area contributed by atoms with Crippen LogP contribution in [0.1, 0.15) is 39.5 Å². The molecule has 2 rings (SSSR count). The summed E-state index contributed by atoms with van der Waals surface area (Å²) < 4.78 is 16.3. The van der Waals surface area contributed by atoms with Crippen LogP contribution in [0.15, 0.2) is 0 Å². The van der Waals surface area contributed by atoms with Crippen molar-refractivity contribution < 1.29 is 19.0 Å². The minimum absolute atomic E-state index is 0.147. The third-order valence-electron chi connectivity index (χ3n) is 3.86. The molecule has 1 unspecified atom stereocenters. The number of esters is 1. The molecule has 2 fully saturated rings. The average molecular weight is 285 g/mol. The Balaban J connectivity index is 1.91. The van der Waals surface area contributed by atoms with Crippen molar-refractivity contribution in [1.82, 2.24) is 5.32 Å². The molecule has 0 radical (unpaired) electrons. The predicted molar refractivity (Wildman–Crippen MR) is 75.6 cm³/mol. The third-order valence-corrected chi connectivity index (χ3v) is 3.86. The lowest BCUT2D eigenvalue weighted by Gasteiger charge is -2.32. The van der Waals surface area contributed by atoms with E-state index in [2.05, 4.69) is 5.32 Å². The summed E-state index contributed by atoms with van der Waals surface area (Å²) in [6.07, 6.45) is 4.44. The maximum absolute atomic E-state index is 12.4. The Labute approximate surface area is 121 Å². The van der Waals surface area contributed by atoms with Gasteiger partial charge in [-0.3, -0.25) is 5.32 Å². The first-order chi connectivity index (χ1) is 9.73. The monoisotopic (exact) mass is 285 g/mol. The van der Waals surface area contributed by atoms with Crippen molar-refractivity contribution in [2.75, 3.05) is 33.0 Å². The molecule has 5 nitrogen and oxygen atoms in total. The summed E-state index contributed by atoms with van der Waals surface area (Å²) in [5, 5.41) is 3.50. The van der Waals surface area contributed by atoms with Gasteiger partial charge in [-0.2, -0.15) is 0 Å². The van der Waals surface area contributed by atoms with E-state index in [1.807, 2.05) is 13.8 Å². The van der Waals surface area contributed by atoms with E-state index in [1.165, 1.54) is 0 Å². The van der Waals surface area contributed by atoms with Crippen LogP contribution in [0.3, 0.4) is 0 Å². The fourth-order valence-electron chi connectivity index (χ4n) is 2.49. The summed E-state index contributed by atoms with van der Waals surface area (Å²) in [5.41, 5.74) is -0.636. The van der Waals surface area contributed by atoms with Crippen molar-refractivity contribution in [3.63, 3.8) is 0 Å². The van der Waals surface area contributed by atoms with Gasteiger partial charge in [0.1, 0.15) is 5.54 Å². The Bertz CT molecular complexity index is 315. The van der Waals surface area contributed by atoms with Crippen molar-refractivity contribution in [2.45, 2.75) is 51.1 Å². The molecule has 2 aliphatic carbocycles. The summed E-state index contributed by atoms with van der Waals surface area (Å²) in [6, 6.07) is 0.454. The quantitative estimate of drug-likeness (QED) is 0.460. The molecule has 2 saturated carbocycles. The molecule has 5 heteroatoms. The molecular formula is C15H27NO4. The predicted octanol–water partition coefficient (Wildman–Crippen LogP) is 1.50. The lowest BCUT2D eigenvalue weighted by molar-refractivity contribution is -0.156. The number of ether oxygens (including phenoxy) is 3. The molecule has 1 N–H and O–H groups in total. The first kappa shape index (κ1) is 15.7. The van der Waals surface area contributed by atoms with Crippen molar-refractivity contribution in [2.24, 2.45) is 5.92 Å². The van der Waals surface area contributed by atoms with Crippen LogP contribution in [0.4, 0.5) is 0 Å². The Morgan fingerprint density at radius 1 is 1.10 bits per heavy atom. The highest BCUT2D eigenvalue weighted by atomic mass is 16.5. The first-order valence-electron chi connectivity index (χ1n) is 7.83. The van der Waals surface area contributed by atoms with Gasteiger partial charge in [-0.15, -0.1) is 0 Å². The number of carbonyl (C=O) groups excluding carboxylic acids is 1. The Morgan fingerprint density at radius 3 is 2.35 bits per heavy atom. The van der Waals surface area contributed by atoms with Gasteiger partial charge in [-0.25, -0.2) is 4.79 Å². The summed E-state index contributed by atoms with van der Waals surface area (Å²) in [6.45, 7) is 6.40. The van der Waals surface area contributed by atoms with Gasteiger partial charge in [0.25, 0.3) is 0 Å². The number of hydrogen-bond donors (Lipinski definition) is 1. The van der Waals surface area contributed by atoms with Crippen LogP contribution in [-0.2, 0) is 19.0 Å². The summed E-state index contributed by atoms with van der Waals surface area (Å²) in [7, 11) is 0. The Kier molecular flexibility index (Phi) is 5.81. The zero-order valence-electron chi connectivity index (χ0n) is 12.7. The average Bonchev–Trinajstić information content (AvgIpc) is 3.29. The summed E-state index contributed by atoms with van der Waals surface area (Å²) in [5.74, 6) is 0.208. The highest BCUT2D eigenvalue weighted by Gasteiger charge is 2.54. The van der Waals surface area contributed by atoms with Crippen molar-refractivity contribution in [1.29, 1.82) is 0 Å². The van der Waals surface area contributed by atoms with Crippen molar-refractivity contribution in [3.05, 3.63) is 0 Å². The third kappa shape index (κ3) is 4.17. The van der Waals surface area contributed by atoms with E-state index >= 15 is 0 Å². The molecule has 0 aromatic heterocycles. The fourth-order valence-corrected chi connectivity index (χ4v) is 2.49. The number of hydrogen-bond acceptors (Lipinski definition) is 5. The van der Waals surface area contributed by atoms with E-state index in [0.717, 1.165) is 25.7 Å². The number of rotatable bonds is 11. The maximum Gasteiger partial charge on any atom is 0.329 e. The zero-order chi connectivity index (χ0) is 14.4. The Morgan fingerprint density at radius 2 is 1.80 bits per heavy atom. The zero-order valence-corrected chi connectivity index (χ0v) is 12.7. The minimum atomic E-state index is -0.636. The van der Waals surface area contributed by atoms with Crippen molar-refractivity contribution in [3.8, 4) is 0 Å². The van der Waals surface area contributed by atoms with Crippen LogP contribution < -0.4 is 5.32 Å². The smallest absolute Gasteiger partial charge is 0.329 e. The van der Waals surface area contributed by atoms with Crippen LogP contribution in [0.25, 0.3) is 0 Å². The second-order valence-corrected chi connectivity index (χ2v) is 5.63. The largest absolute Gasteiger partial charge is 0.465 e. The SMILES string of the molecule is CCOCCOCC(NC1CC1)(C(=O)OCC)C1CC1. The molecule has 0 saturated heterocycles. The van der Waals surface area contributed by atoms with Gasteiger partial charge >= 0.3 is 5.97 Å². The van der Waals surface area contributed by atoms with E-state index < -0.39 is 5.54 Å². The molecule has 0 aliphatic heterocycles. The lowest BCUT2D eigenvalue weighted by atomic mass is 9.93. The standard InChI is InChI=1S/C15H27NO4/c1-3-18-9-10-19-11-15(12-5-6-12,14(17)20-4-2)16-13-7-8-13/h12-13,16H,3-11H2,1-2H3. The number of nitrogens with one attached hydrogen (secondary N) is 1. The van der Waals surface area contributed by atoms with Crippen LogP contribution in [0.2, 0.25) is 0 Å². The molecular weight excluding hydrogens is 258 g/mol. The van der Waals surface area contributed by atoms with Gasteiger partial charge in [0.05, 0.1) is 26.4 Å².